The second kappa shape index (κ2) is 8.30. The van der Waals surface area contributed by atoms with Crippen molar-refractivity contribution in [3.05, 3.63) is 41.6 Å². The van der Waals surface area contributed by atoms with E-state index in [0.29, 0.717) is 17.0 Å². The van der Waals surface area contributed by atoms with E-state index in [4.69, 9.17) is 0 Å². The maximum Gasteiger partial charge on any atom is 0.237 e. The molecule has 0 saturated heterocycles. The fourth-order valence-electron chi connectivity index (χ4n) is 3.51. The quantitative estimate of drug-likeness (QED) is 0.712. The Kier molecular flexibility index (Phi) is 5.62. The molecule has 1 aromatic carbocycles. The number of carbonyl (C=O) groups is 1. The Morgan fingerprint density at radius 3 is 2.74 bits per heavy atom. The van der Waals surface area contributed by atoms with Gasteiger partial charge in [0, 0.05) is 17.3 Å². The number of allylic oxidation sites excluding steroid dienone is 2. The van der Waals surface area contributed by atoms with E-state index in [-0.39, 0.29) is 5.91 Å². The van der Waals surface area contributed by atoms with Gasteiger partial charge in [0.25, 0.3) is 0 Å². The molecule has 0 bridgehead atoms. The molecule has 4 rings (SSSR count). The van der Waals surface area contributed by atoms with E-state index in [1.54, 1.807) is 0 Å². The van der Waals surface area contributed by atoms with Crippen molar-refractivity contribution < 1.29 is 4.79 Å². The van der Waals surface area contributed by atoms with Gasteiger partial charge in [0.2, 0.25) is 11.1 Å². The largest absolute Gasteiger partial charge is 0.313 e. The minimum Gasteiger partial charge on any atom is -0.313 e. The second-order valence-corrected chi connectivity index (χ2v) is 8.18. The van der Waals surface area contributed by atoms with Crippen LogP contribution < -0.4 is 0 Å². The van der Waals surface area contributed by atoms with Crippen LogP contribution in [0, 0.1) is 0 Å². The molecule has 1 aromatic heterocycles. The molecular weight excluding hydrogens is 356 g/mol. The van der Waals surface area contributed by atoms with Gasteiger partial charge in [-0.3, -0.25) is 9.89 Å². The number of hydrogen-bond donors (Lipinski definition) is 1. The predicted molar refractivity (Wildman–Crippen MR) is 108 cm³/mol. The molecule has 1 fully saturated rings. The Morgan fingerprint density at radius 2 is 2.07 bits per heavy atom. The average Bonchev–Trinajstić information content (AvgIpc) is 3.43. The molecule has 5 nitrogen and oxygen atoms in total. The van der Waals surface area contributed by atoms with Crippen LogP contribution in [0.2, 0.25) is 0 Å². The molecule has 2 aliphatic rings. The highest BCUT2D eigenvalue weighted by Crippen LogP contribution is 2.34. The van der Waals surface area contributed by atoms with E-state index in [0.717, 1.165) is 43.5 Å². The van der Waals surface area contributed by atoms with E-state index in [9.17, 15) is 4.79 Å². The number of aromatic nitrogens is 3. The number of thioether (sulfide) groups is 1. The number of nitrogens with zero attached hydrogens (tertiary/aromatic N) is 3. The average molecular weight is 383 g/mol. The molecule has 0 aliphatic heterocycles. The van der Waals surface area contributed by atoms with Crippen LogP contribution in [-0.4, -0.2) is 37.8 Å². The van der Waals surface area contributed by atoms with Crippen LogP contribution in [0.5, 0.6) is 0 Å². The first kappa shape index (κ1) is 18.3. The van der Waals surface area contributed by atoms with Crippen LogP contribution in [0.25, 0.3) is 11.4 Å². The van der Waals surface area contributed by atoms with Gasteiger partial charge in [0.1, 0.15) is 0 Å². The molecule has 1 heterocycles. The smallest absolute Gasteiger partial charge is 0.237 e. The predicted octanol–water partition coefficient (Wildman–Crippen LogP) is 4.58. The first-order valence-electron chi connectivity index (χ1n) is 9.90. The van der Waals surface area contributed by atoms with Crippen LogP contribution in [0.1, 0.15) is 51.0 Å². The summed E-state index contributed by atoms with van der Waals surface area (Å²) in [5.41, 5.74) is 3.56. The van der Waals surface area contributed by atoms with Crippen molar-refractivity contribution in [1.29, 1.82) is 0 Å². The molecule has 0 atom stereocenters. The van der Waals surface area contributed by atoms with Gasteiger partial charge < -0.3 is 4.90 Å². The molecule has 1 N–H and O–H groups in total. The summed E-state index contributed by atoms with van der Waals surface area (Å²) in [6, 6.07) is 8.76. The number of nitrogens with one attached hydrogen (secondary N) is 1. The fourth-order valence-corrected chi connectivity index (χ4v) is 4.16. The van der Waals surface area contributed by atoms with Crippen LogP contribution in [-0.2, 0) is 11.2 Å². The lowest BCUT2D eigenvalue weighted by molar-refractivity contribution is -0.127. The van der Waals surface area contributed by atoms with E-state index >= 15 is 0 Å². The number of hydrogen-bond acceptors (Lipinski definition) is 4. The minimum absolute atomic E-state index is 0.189. The summed E-state index contributed by atoms with van der Waals surface area (Å²) in [5, 5.41) is 7.90. The Morgan fingerprint density at radius 1 is 1.26 bits per heavy atom. The van der Waals surface area contributed by atoms with Gasteiger partial charge in [-0.05, 0) is 50.5 Å². The Bertz CT molecular complexity index is 823. The van der Waals surface area contributed by atoms with Crippen LogP contribution in [0.15, 0.2) is 41.2 Å². The Labute approximate surface area is 164 Å². The summed E-state index contributed by atoms with van der Waals surface area (Å²) < 4.78 is 0. The molecule has 0 unspecified atom stereocenters. The summed E-state index contributed by atoms with van der Waals surface area (Å²) >= 11 is 1.42. The standard InChI is InChI=1S/C21H26N4OS/c1-2-15-8-10-16(11-9-15)20-22-21(24-23-20)27-14-19(26)25(18-12-13-18)17-6-4-3-5-7-17/h6,8-11,18H,2-5,7,12-14H2,1H3,(H,22,23,24). The first-order valence-corrected chi connectivity index (χ1v) is 10.9. The van der Waals surface area contributed by atoms with Gasteiger partial charge in [-0.2, -0.15) is 0 Å². The maximum absolute atomic E-state index is 12.8. The number of rotatable bonds is 7. The van der Waals surface area contributed by atoms with Crippen LogP contribution >= 0.6 is 11.8 Å². The van der Waals surface area contributed by atoms with Gasteiger partial charge in [0.05, 0.1) is 5.75 Å². The summed E-state index contributed by atoms with van der Waals surface area (Å²) in [6.07, 6.45) is 10.1. The van der Waals surface area contributed by atoms with Crippen molar-refractivity contribution in [2.75, 3.05) is 5.75 Å². The highest BCUT2D eigenvalue weighted by atomic mass is 32.2. The summed E-state index contributed by atoms with van der Waals surface area (Å²) in [5.74, 6) is 1.33. The fraction of sp³-hybridized carbons (Fsp3) is 0.476. The molecule has 2 aliphatic carbocycles. The lowest BCUT2D eigenvalue weighted by Crippen LogP contribution is -2.34. The third-order valence-corrected chi connectivity index (χ3v) is 6.01. The zero-order valence-corrected chi connectivity index (χ0v) is 16.6. The maximum atomic E-state index is 12.8. The molecule has 0 spiro atoms. The molecule has 142 valence electrons. The SMILES string of the molecule is CCc1ccc(-c2nc(SCC(=O)N(C3=CCCCC3)C3CC3)n[nH]2)cc1. The van der Waals surface area contributed by atoms with Crippen molar-refractivity contribution in [3.8, 4) is 11.4 Å². The van der Waals surface area contributed by atoms with Gasteiger partial charge in [-0.1, -0.05) is 49.0 Å². The second-order valence-electron chi connectivity index (χ2n) is 7.24. The molecule has 1 amide bonds. The number of amides is 1. The molecular formula is C21H26N4OS. The zero-order chi connectivity index (χ0) is 18.6. The van der Waals surface area contributed by atoms with E-state index in [1.165, 1.54) is 35.9 Å². The topological polar surface area (TPSA) is 61.9 Å². The van der Waals surface area contributed by atoms with Crippen molar-refractivity contribution in [3.63, 3.8) is 0 Å². The number of H-pyrrole nitrogens is 1. The lowest BCUT2D eigenvalue weighted by Gasteiger charge is -2.27. The van der Waals surface area contributed by atoms with Crippen molar-refractivity contribution in [2.45, 2.75) is 63.1 Å². The van der Waals surface area contributed by atoms with Gasteiger partial charge in [-0.25, -0.2) is 4.98 Å². The van der Waals surface area contributed by atoms with E-state index in [2.05, 4.69) is 57.3 Å². The summed E-state index contributed by atoms with van der Waals surface area (Å²) in [7, 11) is 0. The molecule has 0 radical (unpaired) electrons. The first-order chi connectivity index (χ1) is 13.2. The third kappa shape index (κ3) is 4.43. The van der Waals surface area contributed by atoms with Crippen molar-refractivity contribution in [1.82, 2.24) is 20.1 Å². The van der Waals surface area contributed by atoms with Gasteiger partial charge >= 0.3 is 0 Å². The molecule has 2 aromatic rings. The minimum atomic E-state index is 0.189. The normalized spacial score (nSPS) is 16.9. The van der Waals surface area contributed by atoms with Crippen LogP contribution in [0.4, 0.5) is 0 Å². The van der Waals surface area contributed by atoms with Crippen molar-refractivity contribution >= 4 is 17.7 Å². The van der Waals surface area contributed by atoms with Gasteiger partial charge in [0.15, 0.2) is 5.82 Å². The third-order valence-electron chi connectivity index (χ3n) is 5.18. The highest BCUT2D eigenvalue weighted by Gasteiger charge is 2.35. The Hall–Kier alpha value is -2.08. The monoisotopic (exact) mass is 382 g/mol. The molecule has 1 saturated carbocycles. The number of benzene rings is 1. The van der Waals surface area contributed by atoms with Gasteiger partial charge in [-0.15, -0.1) is 5.10 Å². The summed E-state index contributed by atoms with van der Waals surface area (Å²) in [6.45, 7) is 2.14. The highest BCUT2D eigenvalue weighted by molar-refractivity contribution is 7.99. The zero-order valence-electron chi connectivity index (χ0n) is 15.8. The molecule has 27 heavy (non-hydrogen) atoms. The lowest BCUT2D eigenvalue weighted by atomic mass is 10.0. The van der Waals surface area contributed by atoms with E-state index < -0.39 is 0 Å². The number of aryl methyl sites for hydroxylation is 1. The number of carbonyl (C=O) groups excluding carboxylic acids is 1. The Balaban J connectivity index is 1.38. The summed E-state index contributed by atoms with van der Waals surface area (Å²) in [4.78, 5) is 19.5. The van der Waals surface area contributed by atoms with Crippen molar-refractivity contribution in [2.24, 2.45) is 0 Å². The van der Waals surface area contributed by atoms with E-state index in [1.807, 2.05) is 0 Å². The number of aromatic amines is 1. The van der Waals surface area contributed by atoms with Crippen LogP contribution in [0.3, 0.4) is 0 Å². The molecule has 6 heteroatoms.